The molecule has 6 nitrogen and oxygen atoms in total. The predicted octanol–water partition coefficient (Wildman–Crippen LogP) is 1.12. The van der Waals surface area contributed by atoms with E-state index in [0.29, 0.717) is 13.2 Å². The fourth-order valence-corrected chi connectivity index (χ4v) is 2.74. The van der Waals surface area contributed by atoms with E-state index in [4.69, 9.17) is 10.5 Å². The van der Waals surface area contributed by atoms with Crippen LogP contribution in [0, 0.1) is 0 Å². The van der Waals surface area contributed by atoms with Crippen LogP contribution in [-0.2, 0) is 31.5 Å². The summed E-state index contributed by atoms with van der Waals surface area (Å²) in [4.78, 5) is 7.76. The van der Waals surface area contributed by atoms with Gasteiger partial charge in [-0.2, -0.15) is 5.10 Å². The van der Waals surface area contributed by atoms with E-state index in [9.17, 15) is 0 Å². The van der Waals surface area contributed by atoms with Crippen LogP contribution < -0.4 is 10.6 Å². The van der Waals surface area contributed by atoms with Gasteiger partial charge in [-0.1, -0.05) is 0 Å². The third-order valence-corrected chi connectivity index (χ3v) is 3.97. The monoisotopic (exact) mass is 281 g/mol. The van der Waals surface area contributed by atoms with E-state index in [-0.39, 0.29) is 0 Å². The first-order valence-corrected chi connectivity index (χ1v) is 6.82. The first-order valence-electron chi connectivity index (χ1n) is 6.00. The van der Waals surface area contributed by atoms with Gasteiger partial charge in [0.25, 0.3) is 0 Å². The SMILES string of the molecule is COCc1nc(N(C)Cc2cnn(C)c2)sc1CN. The standard InChI is InChI=1S/C12H19N5OS/c1-16(6-9-5-14-17(2)7-9)12-15-10(8-18-3)11(4-13)19-12/h5,7H,4,6,8,13H2,1-3H3. The quantitative estimate of drug-likeness (QED) is 0.859. The fourth-order valence-electron chi connectivity index (χ4n) is 1.84. The van der Waals surface area contributed by atoms with E-state index in [2.05, 4.69) is 15.0 Å². The van der Waals surface area contributed by atoms with Crippen LogP contribution in [0.4, 0.5) is 5.13 Å². The molecule has 2 heterocycles. The lowest BCUT2D eigenvalue weighted by Gasteiger charge is -2.14. The van der Waals surface area contributed by atoms with Crippen LogP contribution in [0.25, 0.3) is 0 Å². The van der Waals surface area contributed by atoms with Gasteiger partial charge in [0, 0.05) is 50.9 Å². The highest BCUT2D eigenvalue weighted by Gasteiger charge is 2.13. The second kappa shape index (κ2) is 6.14. The molecule has 0 radical (unpaired) electrons. The van der Waals surface area contributed by atoms with Gasteiger partial charge in [-0.05, 0) is 0 Å². The third-order valence-electron chi connectivity index (χ3n) is 2.74. The highest BCUT2D eigenvalue weighted by molar-refractivity contribution is 7.15. The molecule has 0 amide bonds. The molecule has 0 fully saturated rings. The van der Waals surface area contributed by atoms with Crippen LogP contribution in [-0.4, -0.2) is 28.9 Å². The van der Waals surface area contributed by atoms with E-state index in [1.54, 1.807) is 23.1 Å². The van der Waals surface area contributed by atoms with Gasteiger partial charge in [-0.25, -0.2) is 4.98 Å². The van der Waals surface area contributed by atoms with Crippen molar-refractivity contribution in [1.82, 2.24) is 14.8 Å². The molecule has 0 spiro atoms. The predicted molar refractivity (Wildman–Crippen MR) is 76.0 cm³/mol. The number of ether oxygens (including phenoxy) is 1. The number of hydrogen-bond acceptors (Lipinski definition) is 6. The summed E-state index contributed by atoms with van der Waals surface area (Å²) < 4.78 is 6.94. The molecule has 0 aliphatic carbocycles. The average Bonchev–Trinajstić information content (AvgIpc) is 2.96. The third kappa shape index (κ3) is 3.31. The van der Waals surface area contributed by atoms with Gasteiger partial charge >= 0.3 is 0 Å². The second-order valence-electron chi connectivity index (χ2n) is 4.38. The molecular formula is C12H19N5OS. The van der Waals surface area contributed by atoms with Crippen molar-refractivity contribution < 1.29 is 4.74 Å². The maximum atomic E-state index is 5.73. The Hall–Kier alpha value is -1.44. The number of aryl methyl sites for hydroxylation is 1. The topological polar surface area (TPSA) is 69.2 Å². The minimum atomic E-state index is 0.497. The molecule has 2 rings (SSSR count). The number of aromatic nitrogens is 3. The molecule has 0 aliphatic rings. The molecule has 0 saturated carbocycles. The summed E-state index contributed by atoms with van der Waals surface area (Å²) in [6.07, 6.45) is 3.87. The van der Waals surface area contributed by atoms with Crippen LogP contribution in [0.3, 0.4) is 0 Å². The summed E-state index contributed by atoms with van der Waals surface area (Å²) in [6.45, 7) is 1.78. The van der Waals surface area contributed by atoms with E-state index in [1.165, 1.54) is 0 Å². The Balaban J connectivity index is 2.12. The van der Waals surface area contributed by atoms with Gasteiger partial charge in [0.15, 0.2) is 5.13 Å². The maximum absolute atomic E-state index is 5.73. The fraction of sp³-hybridized carbons (Fsp3) is 0.500. The first kappa shape index (κ1) is 14.0. The van der Waals surface area contributed by atoms with Crippen LogP contribution in [0.5, 0.6) is 0 Å². The van der Waals surface area contributed by atoms with Crippen molar-refractivity contribution in [3.63, 3.8) is 0 Å². The van der Waals surface area contributed by atoms with Crippen molar-refractivity contribution in [2.75, 3.05) is 19.1 Å². The summed E-state index contributed by atoms with van der Waals surface area (Å²) in [5.41, 5.74) is 7.82. The molecule has 2 N–H and O–H groups in total. The molecular weight excluding hydrogens is 262 g/mol. The number of anilines is 1. The molecule has 0 aromatic carbocycles. The van der Waals surface area contributed by atoms with Crippen LogP contribution in [0.1, 0.15) is 16.1 Å². The summed E-state index contributed by atoms with van der Waals surface area (Å²) in [7, 11) is 5.59. The normalized spacial score (nSPS) is 10.9. The van der Waals surface area contributed by atoms with Crippen molar-refractivity contribution in [3.8, 4) is 0 Å². The summed E-state index contributed by atoms with van der Waals surface area (Å²) in [5, 5.41) is 5.12. The Morgan fingerprint density at radius 3 is 2.89 bits per heavy atom. The number of methoxy groups -OCH3 is 1. The molecule has 0 aliphatic heterocycles. The molecule has 0 unspecified atom stereocenters. The molecule has 19 heavy (non-hydrogen) atoms. The Bertz CT molecular complexity index is 536. The van der Waals surface area contributed by atoms with E-state index >= 15 is 0 Å². The zero-order chi connectivity index (χ0) is 13.8. The summed E-state index contributed by atoms with van der Waals surface area (Å²) >= 11 is 1.62. The maximum Gasteiger partial charge on any atom is 0.185 e. The average molecular weight is 281 g/mol. The Labute approximate surface area is 116 Å². The first-order chi connectivity index (χ1) is 9.13. The van der Waals surface area contributed by atoms with Crippen molar-refractivity contribution in [3.05, 3.63) is 28.5 Å². The largest absolute Gasteiger partial charge is 0.378 e. The summed E-state index contributed by atoms with van der Waals surface area (Å²) in [6, 6.07) is 0. The van der Waals surface area contributed by atoms with Gasteiger partial charge in [-0.3, -0.25) is 4.68 Å². The van der Waals surface area contributed by atoms with Gasteiger partial charge in [0.05, 0.1) is 18.5 Å². The van der Waals surface area contributed by atoms with Gasteiger partial charge in [0.2, 0.25) is 0 Å². The summed E-state index contributed by atoms with van der Waals surface area (Å²) in [5.74, 6) is 0. The Kier molecular flexibility index (Phi) is 4.52. The number of rotatable bonds is 6. The van der Waals surface area contributed by atoms with Crippen molar-refractivity contribution in [2.45, 2.75) is 19.7 Å². The lowest BCUT2D eigenvalue weighted by molar-refractivity contribution is 0.181. The minimum absolute atomic E-state index is 0.497. The number of nitrogens with two attached hydrogens (primary N) is 1. The van der Waals surface area contributed by atoms with Crippen molar-refractivity contribution >= 4 is 16.5 Å². The number of nitrogens with zero attached hydrogens (tertiary/aromatic N) is 4. The molecule has 7 heteroatoms. The zero-order valence-corrected chi connectivity index (χ0v) is 12.3. The second-order valence-corrected chi connectivity index (χ2v) is 5.44. The van der Waals surface area contributed by atoms with Gasteiger partial charge in [0.1, 0.15) is 0 Å². The molecule has 0 atom stereocenters. The van der Waals surface area contributed by atoms with Gasteiger partial charge < -0.3 is 15.4 Å². The number of thiazole rings is 1. The van der Waals surface area contributed by atoms with Crippen molar-refractivity contribution in [2.24, 2.45) is 12.8 Å². The van der Waals surface area contributed by atoms with Gasteiger partial charge in [-0.15, -0.1) is 11.3 Å². The Morgan fingerprint density at radius 1 is 1.53 bits per heavy atom. The van der Waals surface area contributed by atoms with Crippen LogP contribution >= 0.6 is 11.3 Å². The molecule has 0 bridgehead atoms. The van der Waals surface area contributed by atoms with Crippen LogP contribution in [0.15, 0.2) is 12.4 Å². The molecule has 2 aromatic rings. The highest BCUT2D eigenvalue weighted by Crippen LogP contribution is 2.26. The highest BCUT2D eigenvalue weighted by atomic mass is 32.1. The van der Waals surface area contributed by atoms with Crippen molar-refractivity contribution in [1.29, 1.82) is 0 Å². The number of hydrogen-bond donors (Lipinski definition) is 1. The zero-order valence-electron chi connectivity index (χ0n) is 11.5. The molecule has 104 valence electrons. The Morgan fingerprint density at radius 2 is 2.32 bits per heavy atom. The van der Waals surface area contributed by atoms with E-state index in [1.807, 2.05) is 26.5 Å². The lowest BCUT2D eigenvalue weighted by Crippen LogP contribution is -2.15. The van der Waals surface area contributed by atoms with E-state index < -0.39 is 0 Å². The van der Waals surface area contributed by atoms with E-state index in [0.717, 1.165) is 27.8 Å². The molecule has 0 saturated heterocycles. The molecule has 2 aromatic heterocycles. The van der Waals surface area contributed by atoms with Crippen LogP contribution in [0.2, 0.25) is 0 Å². The smallest absolute Gasteiger partial charge is 0.185 e. The minimum Gasteiger partial charge on any atom is -0.378 e. The lowest BCUT2D eigenvalue weighted by atomic mass is 10.3.